The molecule has 0 radical (unpaired) electrons. The fourth-order valence-corrected chi connectivity index (χ4v) is 5.79. The number of anilines is 1. The van der Waals surface area contributed by atoms with Crippen molar-refractivity contribution in [2.45, 2.75) is 43.6 Å². The van der Waals surface area contributed by atoms with Gasteiger partial charge in [-0.2, -0.15) is 5.10 Å². The molecule has 0 spiro atoms. The van der Waals surface area contributed by atoms with Crippen LogP contribution in [0.1, 0.15) is 45.6 Å². The number of aryl methyl sites for hydroxylation is 3. The quantitative estimate of drug-likeness (QED) is 0.552. The average Bonchev–Trinajstić information content (AvgIpc) is 3.53. The van der Waals surface area contributed by atoms with Gasteiger partial charge in [0, 0.05) is 26.2 Å². The van der Waals surface area contributed by atoms with Crippen molar-refractivity contribution in [3.63, 3.8) is 0 Å². The van der Waals surface area contributed by atoms with Gasteiger partial charge in [0.05, 0.1) is 13.2 Å². The molecule has 1 aromatic heterocycles. The van der Waals surface area contributed by atoms with Crippen LogP contribution in [0.2, 0.25) is 0 Å². The van der Waals surface area contributed by atoms with Gasteiger partial charge in [0.25, 0.3) is 5.91 Å². The van der Waals surface area contributed by atoms with Crippen LogP contribution < -0.4 is 34.9 Å². The Hall–Kier alpha value is -1.92. The largest absolute Gasteiger partial charge is 1.00 e. The Morgan fingerprint density at radius 1 is 1.03 bits per heavy atom. The third kappa shape index (κ3) is 4.76. The smallest absolute Gasteiger partial charge is 0.423 e. The first-order chi connectivity index (χ1) is 15.8. The molecule has 0 atom stereocenters. The van der Waals surface area contributed by atoms with E-state index in [-0.39, 0.29) is 41.2 Å². The number of nitrogens with zero attached hydrogens (tertiary/aromatic N) is 4. The van der Waals surface area contributed by atoms with Crippen molar-refractivity contribution in [3.05, 3.63) is 44.8 Å². The number of amides is 3. The van der Waals surface area contributed by atoms with Crippen LogP contribution in [0.5, 0.6) is 0 Å². The molecule has 10 nitrogen and oxygen atoms in total. The van der Waals surface area contributed by atoms with E-state index in [0.29, 0.717) is 26.3 Å². The number of rotatable bonds is 4. The second-order valence-corrected chi connectivity index (χ2v) is 10.2. The summed E-state index contributed by atoms with van der Waals surface area (Å²) < 4.78 is 35.5. The van der Waals surface area contributed by atoms with Crippen molar-refractivity contribution in [2.75, 3.05) is 31.6 Å². The summed E-state index contributed by atoms with van der Waals surface area (Å²) >= 11 is 0. The first kappa shape index (κ1) is 25.2. The van der Waals surface area contributed by atoms with Gasteiger partial charge in [-0.3, -0.25) is 14.3 Å². The van der Waals surface area contributed by atoms with Gasteiger partial charge < -0.3 is 19.7 Å². The molecule has 0 unspecified atom stereocenters. The normalized spacial score (nSPS) is 17.0. The minimum atomic E-state index is -4.39. The number of carbonyl (C=O) groups excluding carboxylic acids is 2. The number of benzene rings is 1. The summed E-state index contributed by atoms with van der Waals surface area (Å²) in [6.45, 7) is 1.70. The third-order valence-electron chi connectivity index (χ3n) is 6.55. The number of hydrogen-bond acceptors (Lipinski definition) is 6. The maximum Gasteiger partial charge on any atom is 1.00 e. The third-order valence-corrected chi connectivity index (χ3v) is 7.68. The van der Waals surface area contributed by atoms with Gasteiger partial charge in [0.2, 0.25) is 10.0 Å². The average molecular weight is 496 g/mol. The zero-order valence-corrected chi connectivity index (χ0v) is 22.3. The molecular weight excluding hydrogens is 469 g/mol. The van der Waals surface area contributed by atoms with Gasteiger partial charge in [0.1, 0.15) is 5.69 Å². The number of carbonyl (C=O) groups is 2. The van der Waals surface area contributed by atoms with E-state index in [1.807, 2.05) is 0 Å². The maximum atomic E-state index is 12.8. The number of aromatic nitrogens is 2. The van der Waals surface area contributed by atoms with E-state index in [1.165, 1.54) is 28.9 Å². The minimum absolute atomic E-state index is 0. The van der Waals surface area contributed by atoms with Gasteiger partial charge in [-0.15, -0.1) is 0 Å². The molecule has 1 N–H and O–H groups in total. The van der Waals surface area contributed by atoms with E-state index in [1.54, 1.807) is 4.90 Å². The summed E-state index contributed by atoms with van der Waals surface area (Å²) in [4.78, 5) is 27.0. The SMILES string of the molecule is Cn1nc(S(=O)(=O)[N-]C(=O)Nc2c3c(cc4c2CCC4)CCC3)cc1C(=O)N1CCOCC1.[Na+]. The molecule has 0 bridgehead atoms. The monoisotopic (exact) mass is 495 g/mol. The molecule has 1 fully saturated rings. The molecule has 1 saturated heterocycles. The number of hydrogen-bond donors (Lipinski definition) is 1. The Morgan fingerprint density at radius 2 is 1.65 bits per heavy atom. The molecule has 34 heavy (non-hydrogen) atoms. The van der Waals surface area contributed by atoms with Crippen molar-refractivity contribution >= 4 is 27.6 Å². The van der Waals surface area contributed by atoms with Gasteiger partial charge in [0.15, 0.2) is 11.1 Å². The number of fused-ring (bicyclic) bond motifs is 2. The van der Waals surface area contributed by atoms with Crippen LogP contribution in [0.4, 0.5) is 10.5 Å². The minimum Gasteiger partial charge on any atom is -0.423 e. The van der Waals surface area contributed by atoms with Crippen molar-refractivity contribution in [2.24, 2.45) is 7.05 Å². The Balaban J connectivity index is 0.00000274. The standard InChI is InChI=1S/C22H27N5O5S.Na/c1-26-18(21(28)27-8-10-32-11-9-27)13-19(24-26)33(30,31)25-22(29)23-20-16-6-2-4-14(16)12-15-5-3-7-17(15)20;/h12-13H,2-11H2,1H3,(H2,23,25,29);/q;+1/p-1. The van der Waals surface area contributed by atoms with Crippen LogP contribution in [0.25, 0.3) is 4.72 Å². The number of ether oxygens (including phenoxy) is 1. The molecule has 2 heterocycles. The van der Waals surface area contributed by atoms with Crippen molar-refractivity contribution in [1.29, 1.82) is 0 Å². The molecule has 0 saturated carbocycles. The molecule has 3 aliphatic rings. The Kier molecular flexibility index (Phi) is 7.39. The van der Waals surface area contributed by atoms with E-state index < -0.39 is 21.1 Å². The molecule has 1 aromatic carbocycles. The molecule has 2 aliphatic carbocycles. The van der Waals surface area contributed by atoms with Crippen LogP contribution in [0.15, 0.2) is 17.2 Å². The van der Waals surface area contributed by atoms with Crippen LogP contribution >= 0.6 is 0 Å². The van der Waals surface area contributed by atoms with Gasteiger partial charge in [-0.05, 0) is 66.5 Å². The molecule has 12 heteroatoms. The Morgan fingerprint density at radius 3 is 2.26 bits per heavy atom. The number of urea groups is 1. The molecule has 2 aromatic rings. The topological polar surface area (TPSA) is 125 Å². The number of nitrogens with one attached hydrogen (secondary N) is 1. The molecule has 5 rings (SSSR count). The number of morpholine rings is 1. The van der Waals surface area contributed by atoms with Gasteiger partial charge in [-0.25, -0.2) is 8.42 Å². The summed E-state index contributed by atoms with van der Waals surface area (Å²) in [6.07, 6.45) is 5.69. The zero-order chi connectivity index (χ0) is 23.2. The first-order valence-electron chi connectivity index (χ1n) is 11.2. The van der Waals surface area contributed by atoms with Gasteiger partial charge in [-0.1, -0.05) is 6.07 Å². The molecular formula is C22H26N5NaO5S. The van der Waals surface area contributed by atoms with Crippen molar-refractivity contribution in [1.82, 2.24) is 14.7 Å². The molecule has 176 valence electrons. The fourth-order valence-electron chi connectivity index (χ4n) is 4.95. The zero-order valence-electron chi connectivity index (χ0n) is 19.5. The predicted octanol–water partition coefficient (Wildman–Crippen LogP) is -0.832. The molecule has 1 aliphatic heterocycles. The van der Waals surface area contributed by atoms with Crippen LogP contribution in [-0.4, -0.2) is 61.3 Å². The van der Waals surface area contributed by atoms with E-state index in [2.05, 4.69) is 21.2 Å². The second-order valence-electron chi connectivity index (χ2n) is 8.63. The summed E-state index contributed by atoms with van der Waals surface area (Å²) in [6, 6.07) is 2.45. The van der Waals surface area contributed by atoms with Gasteiger partial charge >= 0.3 is 29.6 Å². The number of sulfonamides is 1. The second kappa shape index (κ2) is 9.98. The van der Waals surface area contributed by atoms with E-state index >= 15 is 0 Å². The summed E-state index contributed by atoms with van der Waals surface area (Å²) in [5.41, 5.74) is 5.48. The summed E-state index contributed by atoms with van der Waals surface area (Å²) in [7, 11) is -2.90. The van der Waals surface area contributed by atoms with E-state index in [9.17, 15) is 18.0 Å². The summed E-state index contributed by atoms with van der Waals surface area (Å²) in [5, 5.41) is 6.28. The Labute approximate surface area is 220 Å². The Bertz CT molecular complexity index is 1200. The maximum absolute atomic E-state index is 12.8. The van der Waals surface area contributed by atoms with Crippen LogP contribution in [0, 0.1) is 0 Å². The predicted molar refractivity (Wildman–Crippen MR) is 120 cm³/mol. The fraction of sp³-hybridized carbons (Fsp3) is 0.500. The molecule has 3 amide bonds. The van der Waals surface area contributed by atoms with Crippen LogP contribution in [0.3, 0.4) is 0 Å². The van der Waals surface area contributed by atoms with Crippen molar-refractivity contribution < 1.29 is 52.3 Å². The van der Waals surface area contributed by atoms with E-state index in [4.69, 9.17) is 4.74 Å². The van der Waals surface area contributed by atoms with E-state index in [0.717, 1.165) is 55.3 Å². The first-order valence-corrected chi connectivity index (χ1v) is 12.6. The summed E-state index contributed by atoms with van der Waals surface area (Å²) in [5.74, 6) is -0.338. The van der Waals surface area contributed by atoms with Crippen LogP contribution in [-0.2, 0) is 47.5 Å². The van der Waals surface area contributed by atoms with Crippen molar-refractivity contribution in [3.8, 4) is 0 Å².